The van der Waals surface area contributed by atoms with Gasteiger partial charge in [0.05, 0.1) is 12.1 Å². The average molecular weight is 294 g/mol. The molecule has 0 radical (unpaired) electrons. The SMILES string of the molecule is NCCC[C@H]1O[C@@H]1[C@@H](O)[C@H](Cc1ccccc1)NC(=O)O. The Morgan fingerprint density at radius 2 is 2.10 bits per heavy atom. The number of hydrogen-bond acceptors (Lipinski definition) is 4. The van der Waals surface area contributed by atoms with Gasteiger partial charge in [-0.15, -0.1) is 0 Å². The second kappa shape index (κ2) is 7.40. The molecule has 1 aromatic rings. The Bertz CT molecular complexity index is 454. The fourth-order valence-corrected chi connectivity index (χ4v) is 2.52. The Morgan fingerprint density at radius 3 is 2.71 bits per heavy atom. The summed E-state index contributed by atoms with van der Waals surface area (Å²) in [6.07, 6.45) is -0.266. The van der Waals surface area contributed by atoms with Gasteiger partial charge in [-0.3, -0.25) is 0 Å². The highest BCUT2D eigenvalue weighted by molar-refractivity contribution is 5.65. The number of amides is 1. The number of ether oxygens (including phenoxy) is 1. The number of nitrogens with one attached hydrogen (secondary N) is 1. The van der Waals surface area contributed by atoms with Gasteiger partial charge in [0.2, 0.25) is 0 Å². The lowest BCUT2D eigenvalue weighted by Gasteiger charge is -2.22. The molecule has 5 N–H and O–H groups in total. The largest absolute Gasteiger partial charge is 0.465 e. The van der Waals surface area contributed by atoms with Gasteiger partial charge in [0.15, 0.2) is 0 Å². The van der Waals surface area contributed by atoms with E-state index in [4.69, 9.17) is 15.6 Å². The van der Waals surface area contributed by atoms with Crippen molar-refractivity contribution in [3.05, 3.63) is 35.9 Å². The highest BCUT2D eigenvalue weighted by Gasteiger charge is 2.46. The topological polar surface area (TPSA) is 108 Å². The molecule has 0 spiro atoms. The molecule has 1 aliphatic heterocycles. The number of epoxide rings is 1. The van der Waals surface area contributed by atoms with E-state index in [0.717, 1.165) is 18.4 Å². The maximum absolute atomic E-state index is 10.9. The smallest absolute Gasteiger partial charge is 0.404 e. The van der Waals surface area contributed by atoms with Gasteiger partial charge in [-0.05, 0) is 31.4 Å². The standard InChI is InChI=1S/C15H22N2O4/c16-8-4-7-12-14(21-12)13(18)11(17-15(19)20)9-10-5-2-1-3-6-10/h1-3,5-6,11-14,17-18H,4,7-9,16H2,(H,19,20)/t11-,12+,13-,14-/m0/s1. The summed E-state index contributed by atoms with van der Waals surface area (Å²) in [7, 11) is 0. The first-order valence-corrected chi connectivity index (χ1v) is 7.18. The van der Waals surface area contributed by atoms with Gasteiger partial charge in [-0.2, -0.15) is 0 Å². The minimum absolute atomic E-state index is 0.0163. The number of hydrogen-bond donors (Lipinski definition) is 4. The first-order valence-electron chi connectivity index (χ1n) is 7.18. The summed E-state index contributed by atoms with van der Waals surface area (Å²) in [5, 5.41) is 21.7. The predicted octanol–water partition coefficient (Wildman–Crippen LogP) is 0.732. The second-order valence-electron chi connectivity index (χ2n) is 5.31. The van der Waals surface area contributed by atoms with Gasteiger partial charge in [-0.1, -0.05) is 30.3 Å². The lowest BCUT2D eigenvalue weighted by molar-refractivity contribution is 0.0918. The molecule has 6 heteroatoms. The van der Waals surface area contributed by atoms with Crippen LogP contribution in [0.1, 0.15) is 18.4 Å². The van der Waals surface area contributed by atoms with E-state index < -0.39 is 18.2 Å². The van der Waals surface area contributed by atoms with Gasteiger partial charge < -0.3 is 26.0 Å². The molecule has 0 bridgehead atoms. The monoisotopic (exact) mass is 294 g/mol. The summed E-state index contributed by atoms with van der Waals surface area (Å²) in [6.45, 7) is 0.587. The van der Waals surface area contributed by atoms with Crippen molar-refractivity contribution >= 4 is 6.09 Å². The molecule has 1 fully saturated rings. The molecule has 1 amide bonds. The number of carbonyl (C=O) groups is 1. The van der Waals surface area contributed by atoms with E-state index >= 15 is 0 Å². The summed E-state index contributed by atoms with van der Waals surface area (Å²) in [5.74, 6) is 0. The van der Waals surface area contributed by atoms with Crippen molar-refractivity contribution in [2.24, 2.45) is 5.73 Å². The lowest BCUT2D eigenvalue weighted by atomic mass is 9.97. The maximum Gasteiger partial charge on any atom is 0.404 e. The van der Waals surface area contributed by atoms with Crippen LogP contribution in [0.2, 0.25) is 0 Å². The van der Waals surface area contributed by atoms with Crippen LogP contribution in [0.15, 0.2) is 30.3 Å². The summed E-state index contributed by atoms with van der Waals surface area (Å²) in [6, 6.07) is 8.89. The highest BCUT2D eigenvalue weighted by atomic mass is 16.6. The zero-order valence-corrected chi connectivity index (χ0v) is 11.8. The number of aliphatic hydroxyl groups is 1. The fourth-order valence-electron chi connectivity index (χ4n) is 2.52. The first kappa shape index (κ1) is 15.8. The molecule has 0 aromatic heterocycles. The van der Waals surface area contributed by atoms with Crippen LogP contribution in [0.4, 0.5) is 4.79 Å². The van der Waals surface area contributed by atoms with E-state index in [2.05, 4.69) is 5.32 Å². The van der Waals surface area contributed by atoms with Crippen molar-refractivity contribution in [1.29, 1.82) is 0 Å². The van der Waals surface area contributed by atoms with Crippen LogP contribution in [0.5, 0.6) is 0 Å². The van der Waals surface area contributed by atoms with Gasteiger partial charge in [0.1, 0.15) is 12.2 Å². The quantitative estimate of drug-likeness (QED) is 0.529. The Labute approximate surface area is 123 Å². The number of rotatable bonds is 8. The van der Waals surface area contributed by atoms with Gasteiger partial charge in [0, 0.05) is 0 Å². The Hall–Kier alpha value is -1.63. The van der Waals surface area contributed by atoms with Crippen LogP contribution in [0, 0.1) is 0 Å². The van der Waals surface area contributed by atoms with E-state index in [1.165, 1.54) is 0 Å². The van der Waals surface area contributed by atoms with Crippen LogP contribution < -0.4 is 11.1 Å². The molecule has 1 aromatic carbocycles. The van der Waals surface area contributed by atoms with E-state index in [1.54, 1.807) is 0 Å². The Balaban J connectivity index is 1.94. The molecule has 0 aliphatic carbocycles. The molecule has 1 heterocycles. The van der Waals surface area contributed by atoms with Crippen LogP contribution in [-0.2, 0) is 11.2 Å². The van der Waals surface area contributed by atoms with Gasteiger partial charge in [0.25, 0.3) is 0 Å². The number of benzene rings is 1. The highest BCUT2D eigenvalue weighted by Crippen LogP contribution is 2.31. The first-order chi connectivity index (χ1) is 10.1. The van der Waals surface area contributed by atoms with Crippen molar-refractivity contribution in [3.8, 4) is 0 Å². The molecule has 21 heavy (non-hydrogen) atoms. The van der Waals surface area contributed by atoms with E-state index in [0.29, 0.717) is 13.0 Å². The third kappa shape index (κ3) is 4.70. The molecular formula is C15H22N2O4. The van der Waals surface area contributed by atoms with Crippen molar-refractivity contribution in [3.63, 3.8) is 0 Å². The molecule has 1 aliphatic rings. The second-order valence-corrected chi connectivity index (χ2v) is 5.31. The molecule has 0 saturated carbocycles. The average Bonchev–Trinajstić information content (AvgIpc) is 3.24. The maximum atomic E-state index is 10.9. The van der Waals surface area contributed by atoms with Crippen LogP contribution in [0.3, 0.4) is 0 Å². The number of aliphatic hydroxyl groups excluding tert-OH is 1. The summed E-state index contributed by atoms with van der Waals surface area (Å²) < 4.78 is 5.44. The summed E-state index contributed by atoms with van der Waals surface area (Å²) >= 11 is 0. The zero-order chi connectivity index (χ0) is 15.2. The van der Waals surface area contributed by atoms with Crippen molar-refractivity contribution in [2.45, 2.75) is 43.6 Å². The number of carboxylic acid groups (broad SMARTS) is 1. The predicted molar refractivity (Wildman–Crippen MR) is 78.1 cm³/mol. The zero-order valence-electron chi connectivity index (χ0n) is 11.8. The molecular weight excluding hydrogens is 272 g/mol. The third-order valence-electron chi connectivity index (χ3n) is 3.67. The Morgan fingerprint density at radius 1 is 1.38 bits per heavy atom. The molecule has 2 rings (SSSR count). The van der Waals surface area contributed by atoms with Crippen molar-refractivity contribution in [2.75, 3.05) is 6.54 Å². The van der Waals surface area contributed by atoms with E-state index in [9.17, 15) is 9.90 Å². The van der Waals surface area contributed by atoms with Crippen LogP contribution in [0.25, 0.3) is 0 Å². The minimum Gasteiger partial charge on any atom is -0.465 e. The summed E-state index contributed by atoms with van der Waals surface area (Å²) in [5.41, 5.74) is 6.41. The molecule has 4 atom stereocenters. The van der Waals surface area contributed by atoms with E-state index in [-0.39, 0.29) is 12.2 Å². The molecule has 116 valence electrons. The lowest BCUT2D eigenvalue weighted by Crippen LogP contribution is -2.47. The Kier molecular flexibility index (Phi) is 5.55. The van der Waals surface area contributed by atoms with Crippen molar-refractivity contribution in [1.82, 2.24) is 5.32 Å². The van der Waals surface area contributed by atoms with E-state index in [1.807, 2.05) is 30.3 Å². The molecule has 6 nitrogen and oxygen atoms in total. The molecule has 1 saturated heterocycles. The third-order valence-corrected chi connectivity index (χ3v) is 3.67. The van der Waals surface area contributed by atoms with Crippen LogP contribution >= 0.6 is 0 Å². The fraction of sp³-hybridized carbons (Fsp3) is 0.533. The number of nitrogens with two attached hydrogens (primary N) is 1. The minimum atomic E-state index is -1.14. The van der Waals surface area contributed by atoms with Crippen molar-refractivity contribution < 1.29 is 19.7 Å². The van der Waals surface area contributed by atoms with Crippen LogP contribution in [-0.4, -0.2) is 47.2 Å². The van der Waals surface area contributed by atoms with Gasteiger partial charge >= 0.3 is 6.09 Å². The normalized spacial score (nSPS) is 23.3. The van der Waals surface area contributed by atoms with Gasteiger partial charge in [-0.25, -0.2) is 4.79 Å². The summed E-state index contributed by atoms with van der Waals surface area (Å²) in [4.78, 5) is 10.9. The molecule has 0 unspecified atom stereocenters.